The maximum absolute atomic E-state index is 10.5. The maximum atomic E-state index is 10.5. The van der Waals surface area contributed by atoms with Crippen molar-refractivity contribution in [2.45, 2.75) is 18.5 Å². The van der Waals surface area contributed by atoms with Crippen LogP contribution in [0.3, 0.4) is 0 Å². The predicted octanol–water partition coefficient (Wildman–Crippen LogP) is 0.820. The van der Waals surface area contributed by atoms with E-state index in [1.54, 1.807) is 6.20 Å². The van der Waals surface area contributed by atoms with E-state index in [-0.39, 0.29) is 5.75 Å². The Kier molecular flexibility index (Phi) is 4.02. The fraction of sp³-hybridized carbons (Fsp3) is 0.556. The van der Waals surface area contributed by atoms with Crippen molar-refractivity contribution in [3.8, 4) is 0 Å². The van der Waals surface area contributed by atoms with Crippen molar-refractivity contribution in [2.24, 2.45) is 0 Å². The number of aromatic nitrogens is 2. The zero-order valence-electron chi connectivity index (χ0n) is 9.10. The molecule has 0 bridgehead atoms. The normalized spacial score (nSPS) is 10.3. The third-order valence-electron chi connectivity index (χ3n) is 1.86. The molecule has 0 amide bonds. The summed E-state index contributed by atoms with van der Waals surface area (Å²) in [5.74, 6) is -0.792. The second-order valence-electron chi connectivity index (χ2n) is 3.23. The van der Waals surface area contributed by atoms with Gasteiger partial charge in [-0.2, -0.15) is 0 Å². The molecule has 0 fully saturated rings. The molecule has 0 aliphatic heterocycles. The number of rotatable bonds is 5. The lowest BCUT2D eigenvalue weighted by Gasteiger charge is -2.19. The molecular weight excluding hydrogens is 214 g/mol. The van der Waals surface area contributed by atoms with Crippen LogP contribution in [0.5, 0.6) is 0 Å². The first-order valence-corrected chi connectivity index (χ1v) is 5.63. The minimum absolute atomic E-state index is 0.0357. The van der Waals surface area contributed by atoms with Crippen molar-refractivity contribution in [3.63, 3.8) is 0 Å². The molecule has 1 N–H and O–H groups in total. The van der Waals surface area contributed by atoms with Gasteiger partial charge >= 0.3 is 5.97 Å². The number of nitrogens with zero attached hydrogens (tertiary/aromatic N) is 3. The molecule has 1 aromatic rings. The molecule has 0 aliphatic rings. The molecular formula is C9H15N3O2S. The molecule has 15 heavy (non-hydrogen) atoms. The van der Waals surface area contributed by atoms with Crippen LogP contribution in [0.15, 0.2) is 11.4 Å². The van der Waals surface area contributed by atoms with E-state index in [1.165, 1.54) is 11.8 Å². The fourth-order valence-corrected chi connectivity index (χ4v) is 2.04. The largest absolute Gasteiger partial charge is 0.481 e. The summed E-state index contributed by atoms with van der Waals surface area (Å²) in [7, 11) is 3.82. The average Bonchev–Trinajstić information content (AvgIpc) is 2.57. The highest BCUT2D eigenvalue weighted by Crippen LogP contribution is 2.18. The smallest absolute Gasteiger partial charge is 0.313 e. The van der Waals surface area contributed by atoms with Crippen molar-refractivity contribution in [1.82, 2.24) is 9.66 Å². The molecule has 0 saturated heterocycles. The number of aryl methyl sites for hydroxylation is 1. The zero-order valence-corrected chi connectivity index (χ0v) is 9.91. The van der Waals surface area contributed by atoms with E-state index in [9.17, 15) is 4.79 Å². The van der Waals surface area contributed by atoms with Crippen LogP contribution in [0, 0.1) is 0 Å². The second-order valence-corrected chi connectivity index (χ2v) is 4.17. The first kappa shape index (κ1) is 11.9. The SMILES string of the molecule is CCc1cnc(SCC(=O)O)n1N(C)C. The molecule has 0 saturated carbocycles. The lowest BCUT2D eigenvalue weighted by Crippen LogP contribution is -2.27. The Bertz CT molecular complexity index is 349. The second kappa shape index (κ2) is 5.06. The van der Waals surface area contributed by atoms with Crippen LogP contribution >= 0.6 is 11.8 Å². The van der Waals surface area contributed by atoms with Crippen molar-refractivity contribution in [3.05, 3.63) is 11.9 Å². The van der Waals surface area contributed by atoms with Gasteiger partial charge in [0.05, 0.1) is 17.6 Å². The van der Waals surface area contributed by atoms with E-state index in [4.69, 9.17) is 5.11 Å². The highest BCUT2D eigenvalue weighted by Gasteiger charge is 2.11. The van der Waals surface area contributed by atoms with Gasteiger partial charge in [0.15, 0.2) is 5.16 Å². The summed E-state index contributed by atoms with van der Waals surface area (Å²) < 4.78 is 1.92. The molecule has 0 radical (unpaired) electrons. The van der Waals surface area contributed by atoms with Crippen LogP contribution in [-0.4, -0.2) is 40.6 Å². The Hall–Kier alpha value is -1.17. The van der Waals surface area contributed by atoms with Gasteiger partial charge in [-0.3, -0.25) is 4.79 Å². The number of carboxylic acids is 1. The first-order valence-electron chi connectivity index (χ1n) is 4.65. The minimum Gasteiger partial charge on any atom is -0.481 e. The van der Waals surface area contributed by atoms with Crippen molar-refractivity contribution in [2.75, 3.05) is 24.9 Å². The Labute approximate surface area is 93.1 Å². The number of hydrogen-bond donors (Lipinski definition) is 1. The van der Waals surface area contributed by atoms with Gasteiger partial charge in [-0.1, -0.05) is 18.7 Å². The monoisotopic (exact) mass is 229 g/mol. The topological polar surface area (TPSA) is 58.4 Å². The summed E-state index contributed by atoms with van der Waals surface area (Å²) >= 11 is 1.23. The van der Waals surface area contributed by atoms with Crippen LogP contribution in [0.1, 0.15) is 12.6 Å². The van der Waals surface area contributed by atoms with Crippen LogP contribution in [0.2, 0.25) is 0 Å². The van der Waals surface area contributed by atoms with Crippen LogP contribution < -0.4 is 5.01 Å². The summed E-state index contributed by atoms with van der Waals surface area (Å²) in [6.07, 6.45) is 2.66. The minimum atomic E-state index is -0.827. The van der Waals surface area contributed by atoms with Crippen molar-refractivity contribution >= 4 is 17.7 Å². The van der Waals surface area contributed by atoms with Gasteiger partial charge in [-0.15, -0.1) is 0 Å². The molecule has 6 heteroatoms. The van der Waals surface area contributed by atoms with E-state index in [0.29, 0.717) is 0 Å². The number of carboxylic acid groups (broad SMARTS) is 1. The number of carbonyl (C=O) groups is 1. The molecule has 0 atom stereocenters. The summed E-state index contributed by atoms with van der Waals surface area (Å²) in [6.45, 7) is 2.04. The van der Waals surface area contributed by atoms with Gasteiger partial charge < -0.3 is 10.1 Å². The lowest BCUT2D eigenvalue weighted by atomic mass is 10.4. The van der Waals surface area contributed by atoms with E-state index in [1.807, 2.05) is 30.7 Å². The molecule has 1 rings (SSSR count). The maximum Gasteiger partial charge on any atom is 0.313 e. The molecule has 5 nitrogen and oxygen atoms in total. The number of thioether (sulfide) groups is 1. The van der Waals surface area contributed by atoms with E-state index in [2.05, 4.69) is 4.98 Å². The van der Waals surface area contributed by atoms with Crippen molar-refractivity contribution in [1.29, 1.82) is 0 Å². The Morgan fingerprint density at radius 3 is 2.80 bits per heavy atom. The first-order chi connectivity index (χ1) is 7.06. The van der Waals surface area contributed by atoms with Crippen LogP contribution in [0.25, 0.3) is 0 Å². The Morgan fingerprint density at radius 1 is 1.67 bits per heavy atom. The number of imidazole rings is 1. The van der Waals surface area contributed by atoms with E-state index < -0.39 is 5.97 Å². The molecule has 0 unspecified atom stereocenters. The molecule has 0 aromatic carbocycles. The molecule has 1 aromatic heterocycles. The van der Waals surface area contributed by atoms with Gasteiger partial charge in [0.25, 0.3) is 0 Å². The van der Waals surface area contributed by atoms with Gasteiger partial charge in [0.2, 0.25) is 0 Å². The Morgan fingerprint density at radius 2 is 2.33 bits per heavy atom. The van der Waals surface area contributed by atoms with Gasteiger partial charge in [0, 0.05) is 14.1 Å². The third kappa shape index (κ3) is 2.89. The highest BCUT2D eigenvalue weighted by molar-refractivity contribution is 7.99. The number of hydrogen-bond acceptors (Lipinski definition) is 4. The quantitative estimate of drug-likeness (QED) is 0.757. The standard InChI is InChI=1S/C9H15N3O2S/c1-4-7-5-10-9(12(7)11(2)3)15-6-8(13)14/h5H,4,6H2,1-3H3,(H,13,14). The molecule has 0 aliphatic carbocycles. The average molecular weight is 229 g/mol. The molecule has 84 valence electrons. The fourth-order valence-electron chi connectivity index (χ4n) is 1.26. The summed E-state index contributed by atoms with van der Waals surface area (Å²) in [5.41, 5.74) is 1.08. The Balaban J connectivity index is 2.87. The zero-order chi connectivity index (χ0) is 11.4. The number of aliphatic carboxylic acids is 1. The van der Waals surface area contributed by atoms with E-state index >= 15 is 0 Å². The van der Waals surface area contributed by atoms with Crippen molar-refractivity contribution < 1.29 is 9.90 Å². The molecule has 0 spiro atoms. The van der Waals surface area contributed by atoms with Crippen LogP contribution in [0.4, 0.5) is 0 Å². The van der Waals surface area contributed by atoms with Gasteiger partial charge in [-0.25, -0.2) is 9.66 Å². The summed E-state index contributed by atoms with van der Waals surface area (Å²) in [5, 5.41) is 11.2. The molecule has 1 heterocycles. The third-order valence-corrected chi connectivity index (χ3v) is 2.79. The lowest BCUT2D eigenvalue weighted by molar-refractivity contribution is -0.133. The van der Waals surface area contributed by atoms with E-state index in [0.717, 1.165) is 17.3 Å². The summed E-state index contributed by atoms with van der Waals surface area (Å²) in [6, 6.07) is 0. The predicted molar refractivity (Wildman–Crippen MR) is 60.0 cm³/mol. The van der Waals surface area contributed by atoms with Crippen LogP contribution in [-0.2, 0) is 11.2 Å². The highest BCUT2D eigenvalue weighted by atomic mass is 32.2. The van der Waals surface area contributed by atoms with Gasteiger partial charge in [-0.05, 0) is 6.42 Å². The summed E-state index contributed by atoms with van der Waals surface area (Å²) in [4.78, 5) is 14.7. The van der Waals surface area contributed by atoms with Gasteiger partial charge in [0.1, 0.15) is 0 Å².